The van der Waals surface area contributed by atoms with Crippen LogP contribution in [0.15, 0.2) is 18.2 Å². The number of methoxy groups -OCH3 is 1. The van der Waals surface area contributed by atoms with Gasteiger partial charge in [-0.15, -0.1) is 0 Å². The molecule has 0 radical (unpaired) electrons. The molecule has 21 heavy (non-hydrogen) atoms. The molecule has 120 valence electrons. The zero-order valence-corrected chi connectivity index (χ0v) is 14.7. The Morgan fingerprint density at radius 2 is 1.86 bits per heavy atom. The molecule has 0 saturated carbocycles. The SMILES string of the molecule is CCCC(C)C(CNCC(C)C)c1ccc(C)c(OC)c1. The van der Waals surface area contributed by atoms with Crippen LogP contribution in [0, 0.1) is 18.8 Å². The van der Waals surface area contributed by atoms with Crippen LogP contribution >= 0.6 is 0 Å². The van der Waals surface area contributed by atoms with Crippen LogP contribution in [-0.2, 0) is 0 Å². The molecule has 2 heteroatoms. The Morgan fingerprint density at radius 3 is 2.43 bits per heavy atom. The van der Waals surface area contributed by atoms with Gasteiger partial charge in [-0.2, -0.15) is 0 Å². The van der Waals surface area contributed by atoms with Crippen molar-refractivity contribution in [3.8, 4) is 5.75 Å². The van der Waals surface area contributed by atoms with Crippen molar-refractivity contribution in [3.63, 3.8) is 0 Å². The van der Waals surface area contributed by atoms with Gasteiger partial charge in [0.2, 0.25) is 0 Å². The highest BCUT2D eigenvalue weighted by molar-refractivity contribution is 5.38. The van der Waals surface area contributed by atoms with Gasteiger partial charge in [0, 0.05) is 6.54 Å². The molecule has 1 rings (SSSR count). The van der Waals surface area contributed by atoms with Crippen LogP contribution in [0.25, 0.3) is 0 Å². The van der Waals surface area contributed by atoms with Crippen LogP contribution in [0.4, 0.5) is 0 Å². The molecule has 0 fully saturated rings. The average Bonchev–Trinajstić information content (AvgIpc) is 2.44. The standard InChI is InChI=1S/C19H33NO/c1-7-8-15(4)18(13-20-12-14(2)3)17-10-9-16(5)19(11-17)21-6/h9-11,14-15,18,20H,7-8,12-13H2,1-6H3. The molecule has 0 spiro atoms. The fourth-order valence-corrected chi connectivity index (χ4v) is 2.90. The topological polar surface area (TPSA) is 21.3 Å². The van der Waals surface area contributed by atoms with Gasteiger partial charge in [0.25, 0.3) is 0 Å². The van der Waals surface area contributed by atoms with Crippen molar-refractivity contribution in [3.05, 3.63) is 29.3 Å². The Kier molecular flexibility index (Phi) is 7.81. The van der Waals surface area contributed by atoms with E-state index in [1.165, 1.54) is 24.0 Å². The number of ether oxygens (including phenoxy) is 1. The smallest absolute Gasteiger partial charge is 0.122 e. The molecule has 2 unspecified atom stereocenters. The van der Waals surface area contributed by atoms with Crippen molar-refractivity contribution in [1.82, 2.24) is 5.32 Å². The zero-order valence-electron chi connectivity index (χ0n) is 14.7. The van der Waals surface area contributed by atoms with Gasteiger partial charge in [-0.1, -0.05) is 52.7 Å². The summed E-state index contributed by atoms with van der Waals surface area (Å²) in [5, 5.41) is 3.63. The zero-order chi connectivity index (χ0) is 15.8. The molecule has 1 N–H and O–H groups in total. The van der Waals surface area contributed by atoms with E-state index in [0.29, 0.717) is 17.8 Å². The molecule has 0 saturated heterocycles. The maximum Gasteiger partial charge on any atom is 0.122 e. The highest BCUT2D eigenvalue weighted by Crippen LogP contribution is 2.31. The third-order valence-corrected chi connectivity index (χ3v) is 4.21. The first kappa shape index (κ1) is 18.0. The summed E-state index contributed by atoms with van der Waals surface area (Å²) in [5.41, 5.74) is 2.60. The van der Waals surface area contributed by atoms with Crippen LogP contribution in [0.2, 0.25) is 0 Å². The summed E-state index contributed by atoms with van der Waals surface area (Å²) in [6, 6.07) is 6.68. The number of rotatable bonds is 9. The minimum atomic E-state index is 0.554. The summed E-state index contributed by atoms with van der Waals surface area (Å²) in [7, 11) is 1.76. The highest BCUT2D eigenvalue weighted by Gasteiger charge is 2.19. The maximum atomic E-state index is 5.50. The van der Waals surface area contributed by atoms with Gasteiger partial charge in [0.15, 0.2) is 0 Å². The number of nitrogens with one attached hydrogen (secondary N) is 1. The summed E-state index contributed by atoms with van der Waals surface area (Å²) in [4.78, 5) is 0. The van der Waals surface area contributed by atoms with E-state index in [1.807, 2.05) is 0 Å². The lowest BCUT2D eigenvalue weighted by Gasteiger charge is -2.26. The molecule has 1 aromatic carbocycles. The van der Waals surface area contributed by atoms with Gasteiger partial charge in [-0.3, -0.25) is 0 Å². The lowest BCUT2D eigenvalue weighted by atomic mass is 9.84. The van der Waals surface area contributed by atoms with E-state index in [1.54, 1.807) is 7.11 Å². The molecular formula is C19H33NO. The minimum absolute atomic E-state index is 0.554. The van der Waals surface area contributed by atoms with Crippen molar-refractivity contribution < 1.29 is 4.74 Å². The molecule has 1 aromatic rings. The van der Waals surface area contributed by atoms with Gasteiger partial charge in [-0.25, -0.2) is 0 Å². The molecule has 0 amide bonds. The van der Waals surface area contributed by atoms with Crippen molar-refractivity contribution in [2.75, 3.05) is 20.2 Å². The monoisotopic (exact) mass is 291 g/mol. The predicted octanol–water partition coefficient (Wildman–Crippen LogP) is 4.77. The Morgan fingerprint density at radius 1 is 1.14 bits per heavy atom. The average molecular weight is 291 g/mol. The minimum Gasteiger partial charge on any atom is -0.496 e. The molecule has 2 nitrogen and oxygen atoms in total. The fraction of sp³-hybridized carbons (Fsp3) is 0.684. The van der Waals surface area contributed by atoms with Crippen LogP contribution < -0.4 is 10.1 Å². The highest BCUT2D eigenvalue weighted by atomic mass is 16.5. The van der Waals surface area contributed by atoms with E-state index in [9.17, 15) is 0 Å². The second kappa shape index (κ2) is 9.09. The molecule has 0 aliphatic rings. The first-order chi connectivity index (χ1) is 9.99. The van der Waals surface area contributed by atoms with Crippen LogP contribution in [0.1, 0.15) is 57.6 Å². The van der Waals surface area contributed by atoms with Gasteiger partial charge in [0.1, 0.15) is 5.75 Å². The van der Waals surface area contributed by atoms with Gasteiger partial charge >= 0.3 is 0 Å². The third kappa shape index (κ3) is 5.70. The second-order valence-electron chi connectivity index (χ2n) is 6.65. The lowest BCUT2D eigenvalue weighted by molar-refractivity contribution is 0.388. The van der Waals surface area contributed by atoms with Gasteiger partial charge in [-0.05, 0) is 48.4 Å². The maximum absolute atomic E-state index is 5.50. The third-order valence-electron chi connectivity index (χ3n) is 4.21. The van der Waals surface area contributed by atoms with Crippen LogP contribution in [0.5, 0.6) is 5.75 Å². The van der Waals surface area contributed by atoms with Crippen LogP contribution in [0.3, 0.4) is 0 Å². The van der Waals surface area contributed by atoms with Crippen molar-refractivity contribution in [2.45, 2.75) is 53.4 Å². The van der Waals surface area contributed by atoms with Crippen molar-refractivity contribution in [1.29, 1.82) is 0 Å². The number of hydrogen-bond acceptors (Lipinski definition) is 2. The summed E-state index contributed by atoms with van der Waals surface area (Å²) in [5.74, 6) is 2.94. The van der Waals surface area contributed by atoms with E-state index >= 15 is 0 Å². The summed E-state index contributed by atoms with van der Waals surface area (Å²) < 4.78 is 5.50. The summed E-state index contributed by atoms with van der Waals surface area (Å²) in [6.07, 6.45) is 2.51. The first-order valence-electron chi connectivity index (χ1n) is 8.34. The molecule has 2 atom stereocenters. The largest absolute Gasteiger partial charge is 0.496 e. The van der Waals surface area contributed by atoms with E-state index < -0.39 is 0 Å². The lowest BCUT2D eigenvalue weighted by Crippen LogP contribution is -2.28. The molecule has 0 aliphatic carbocycles. The second-order valence-corrected chi connectivity index (χ2v) is 6.65. The number of benzene rings is 1. The van der Waals surface area contributed by atoms with Crippen LogP contribution in [-0.4, -0.2) is 20.2 Å². The van der Waals surface area contributed by atoms with E-state index in [-0.39, 0.29) is 0 Å². The Labute approximate surface area is 131 Å². The number of aryl methyl sites for hydroxylation is 1. The van der Waals surface area contributed by atoms with Gasteiger partial charge in [0.05, 0.1) is 7.11 Å². The Bertz CT molecular complexity index is 414. The molecule has 0 aromatic heterocycles. The molecule has 0 aliphatic heterocycles. The van der Waals surface area contributed by atoms with Crippen molar-refractivity contribution >= 4 is 0 Å². The normalized spacial score (nSPS) is 14.2. The van der Waals surface area contributed by atoms with E-state index in [4.69, 9.17) is 4.74 Å². The van der Waals surface area contributed by atoms with Gasteiger partial charge < -0.3 is 10.1 Å². The fourth-order valence-electron chi connectivity index (χ4n) is 2.90. The summed E-state index contributed by atoms with van der Waals surface area (Å²) in [6.45, 7) is 13.4. The Hall–Kier alpha value is -1.02. The molecule has 0 bridgehead atoms. The molecular weight excluding hydrogens is 258 g/mol. The van der Waals surface area contributed by atoms with E-state index in [0.717, 1.165) is 18.8 Å². The Balaban J connectivity index is 2.88. The predicted molar refractivity (Wildman–Crippen MR) is 92.3 cm³/mol. The number of hydrogen-bond donors (Lipinski definition) is 1. The molecule has 0 heterocycles. The van der Waals surface area contributed by atoms with E-state index in [2.05, 4.69) is 58.1 Å². The summed E-state index contributed by atoms with van der Waals surface area (Å²) >= 11 is 0. The van der Waals surface area contributed by atoms with Crippen molar-refractivity contribution in [2.24, 2.45) is 11.8 Å². The quantitative estimate of drug-likeness (QED) is 0.707. The first-order valence-corrected chi connectivity index (χ1v) is 8.34.